The maximum Gasteiger partial charge on any atom is 0.224 e. The van der Waals surface area contributed by atoms with Gasteiger partial charge in [-0.05, 0) is 54.2 Å². The molecule has 1 N–H and O–H groups in total. The van der Waals surface area contributed by atoms with Crippen molar-refractivity contribution in [3.63, 3.8) is 0 Å². The van der Waals surface area contributed by atoms with E-state index in [-0.39, 0.29) is 11.9 Å². The Labute approximate surface area is 212 Å². The zero-order chi connectivity index (χ0) is 24.7. The summed E-state index contributed by atoms with van der Waals surface area (Å²) in [7, 11) is 0. The van der Waals surface area contributed by atoms with E-state index in [1.807, 2.05) is 61.5 Å². The van der Waals surface area contributed by atoms with Crippen LogP contribution in [0.5, 0.6) is 0 Å². The van der Waals surface area contributed by atoms with Gasteiger partial charge in [0.25, 0.3) is 0 Å². The van der Waals surface area contributed by atoms with Crippen LogP contribution >= 0.6 is 0 Å². The number of aryl methyl sites for hydroxylation is 2. The smallest absolute Gasteiger partial charge is 0.224 e. The van der Waals surface area contributed by atoms with Crippen molar-refractivity contribution < 1.29 is 4.79 Å². The number of carbonyl (C=O) groups is 1. The highest BCUT2D eigenvalue weighted by Gasteiger charge is 2.18. The summed E-state index contributed by atoms with van der Waals surface area (Å²) in [5, 5.41) is 3.18. The molecule has 0 saturated heterocycles. The van der Waals surface area contributed by atoms with Gasteiger partial charge in [0.05, 0.1) is 23.5 Å². The van der Waals surface area contributed by atoms with Crippen LogP contribution in [0.3, 0.4) is 0 Å². The molecule has 1 unspecified atom stereocenters. The summed E-state index contributed by atoms with van der Waals surface area (Å²) in [6.07, 6.45) is 2.35. The van der Waals surface area contributed by atoms with Crippen molar-refractivity contribution in [1.82, 2.24) is 14.9 Å². The fourth-order valence-electron chi connectivity index (χ4n) is 4.73. The standard InChI is InChI=1S/C32H31N3O/c1-24(33-31(36)23-26-18-20-28(21-19-26)27-14-6-3-7-15-27)32-34-29-16-8-9-17-30(29)35(32)22-10-13-25-11-4-2-5-12-25/h2-9,11-12,14-21,24H,10,13,22-23H2,1H3,(H,33,36). The van der Waals surface area contributed by atoms with Crippen LogP contribution in [0, 0.1) is 0 Å². The summed E-state index contributed by atoms with van der Waals surface area (Å²) in [5.41, 5.74) is 6.73. The molecule has 0 radical (unpaired) electrons. The fraction of sp³-hybridized carbons (Fsp3) is 0.188. The molecule has 0 aliphatic rings. The molecule has 1 heterocycles. The lowest BCUT2D eigenvalue weighted by atomic mass is 10.0. The van der Waals surface area contributed by atoms with E-state index >= 15 is 0 Å². The SMILES string of the molecule is CC(NC(=O)Cc1ccc(-c2ccccc2)cc1)c1nc2ccccc2n1CCCc1ccccc1. The lowest BCUT2D eigenvalue weighted by Gasteiger charge is -2.17. The highest BCUT2D eigenvalue weighted by atomic mass is 16.1. The van der Waals surface area contributed by atoms with Crippen molar-refractivity contribution in [3.8, 4) is 11.1 Å². The molecule has 5 rings (SSSR count). The van der Waals surface area contributed by atoms with Gasteiger partial charge in [0.15, 0.2) is 0 Å². The number of hydrogen-bond acceptors (Lipinski definition) is 2. The van der Waals surface area contributed by atoms with Gasteiger partial charge in [0.1, 0.15) is 5.82 Å². The van der Waals surface area contributed by atoms with Crippen LogP contribution in [0.25, 0.3) is 22.2 Å². The molecule has 1 atom stereocenters. The van der Waals surface area contributed by atoms with Crippen LogP contribution < -0.4 is 5.32 Å². The fourth-order valence-corrected chi connectivity index (χ4v) is 4.73. The number of rotatable bonds is 9. The Morgan fingerprint density at radius 1 is 0.778 bits per heavy atom. The number of nitrogens with zero attached hydrogens (tertiary/aromatic N) is 2. The number of hydrogen-bond donors (Lipinski definition) is 1. The summed E-state index contributed by atoms with van der Waals surface area (Å²) in [6.45, 7) is 2.87. The number of para-hydroxylation sites is 2. The molecule has 1 aromatic heterocycles. The molecule has 36 heavy (non-hydrogen) atoms. The van der Waals surface area contributed by atoms with Gasteiger partial charge in [0, 0.05) is 6.54 Å². The molecule has 0 spiro atoms. The van der Waals surface area contributed by atoms with Crippen LogP contribution in [0.4, 0.5) is 0 Å². The van der Waals surface area contributed by atoms with Gasteiger partial charge in [0.2, 0.25) is 5.91 Å². The Morgan fingerprint density at radius 2 is 1.42 bits per heavy atom. The Balaban J connectivity index is 1.26. The number of nitrogens with one attached hydrogen (secondary N) is 1. The summed E-state index contributed by atoms with van der Waals surface area (Å²) in [5.74, 6) is 0.898. The quantitative estimate of drug-likeness (QED) is 0.257. The molecular weight excluding hydrogens is 442 g/mol. The molecule has 0 aliphatic carbocycles. The van der Waals surface area contributed by atoms with Gasteiger partial charge < -0.3 is 9.88 Å². The van der Waals surface area contributed by atoms with Gasteiger partial charge in [-0.25, -0.2) is 4.98 Å². The first kappa shape index (κ1) is 23.6. The maximum absolute atomic E-state index is 12.9. The van der Waals surface area contributed by atoms with E-state index in [9.17, 15) is 4.79 Å². The molecule has 5 aromatic rings. The van der Waals surface area contributed by atoms with E-state index in [0.29, 0.717) is 6.42 Å². The summed E-state index contributed by atoms with van der Waals surface area (Å²) >= 11 is 0. The first-order valence-corrected chi connectivity index (χ1v) is 12.6. The molecule has 0 bridgehead atoms. The predicted octanol–water partition coefficient (Wildman–Crippen LogP) is 6.76. The van der Waals surface area contributed by atoms with Crippen LogP contribution in [-0.2, 0) is 24.2 Å². The summed E-state index contributed by atoms with van der Waals surface area (Å²) < 4.78 is 2.26. The highest BCUT2D eigenvalue weighted by Crippen LogP contribution is 2.23. The summed E-state index contributed by atoms with van der Waals surface area (Å²) in [4.78, 5) is 17.8. The number of fused-ring (bicyclic) bond motifs is 1. The van der Waals surface area contributed by atoms with E-state index < -0.39 is 0 Å². The van der Waals surface area contributed by atoms with Crippen LogP contribution in [0.1, 0.15) is 36.3 Å². The van der Waals surface area contributed by atoms with Gasteiger partial charge in [-0.3, -0.25) is 4.79 Å². The molecule has 1 amide bonds. The monoisotopic (exact) mass is 473 g/mol. The maximum atomic E-state index is 12.9. The molecule has 180 valence electrons. The minimum absolute atomic E-state index is 0.00199. The topological polar surface area (TPSA) is 46.9 Å². The van der Waals surface area contributed by atoms with Crippen LogP contribution in [0.2, 0.25) is 0 Å². The normalized spacial score (nSPS) is 11.9. The number of amides is 1. The third kappa shape index (κ3) is 5.55. The third-order valence-corrected chi connectivity index (χ3v) is 6.56. The zero-order valence-electron chi connectivity index (χ0n) is 20.6. The third-order valence-electron chi connectivity index (χ3n) is 6.56. The minimum Gasteiger partial charge on any atom is -0.346 e. The molecule has 0 saturated carbocycles. The van der Waals surface area contributed by atoms with E-state index in [1.54, 1.807) is 0 Å². The van der Waals surface area contributed by atoms with Crippen LogP contribution in [0.15, 0.2) is 109 Å². The van der Waals surface area contributed by atoms with Crippen molar-refractivity contribution in [2.45, 2.75) is 38.8 Å². The van der Waals surface area contributed by atoms with E-state index in [2.05, 4.69) is 64.5 Å². The molecular formula is C32H31N3O. The predicted molar refractivity (Wildman–Crippen MR) is 147 cm³/mol. The number of imidazole rings is 1. The second-order valence-corrected chi connectivity index (χ2v) is 9.23. The molecule has 0 fully saturated rings. The number of carbonyl (C=O) groups excluding carboxylic acids is 1. The average molecular weight is 474 g/mol. The van der Waals surface area contributed by atoms with E-state index in [4.69, 9.17) is 4.98 Å². The Hall–Kier alpha value is -4.18. The Kier molecular flexibility index (Phi) is 7.23. The average Bonchev–Trinajstić information content (AvgIpc) is 3.29. The van der Waals surface area contributed by atoms with Crippen molar-refractivity contribution in [3.05, 3.63) is 126 Å². The minimum atomic E-state index is -0.190. The number of aromatic nitrogens is 2. The summed E-state index contributed by atoms with van der Waals surface area (Å²) in [6, 6.07) is 37.1. The lowest BCUT2D eigenvalue weighted by Crippen LogP contribution is -2.30. The molecule has 0 aliphatic heterocycles. The molecule has 4 heteroatoms. The largest absolute Gasteiger partial charge is 0.346 e. The van der Waals surface area contributed by atoms with Crippen molar-refractivity contribution in [1.29, 1.82) is 0 Å². The van der Waals surface area contributed by atoms with Gasteiger partial charge in [-0.15, -0.1) is 0 Å². The Morgan fingerprint density at radius 3 is 2.17 bits per heavy atom. The second-order valence-electron chi connectivity index (χ2n) is 9.23. The van der Waals surface area contributed by atoms with Gasteiger partial charge in [-0.2, -0.15) is 0 Å². The van der Waals surface area contributed by atoms with Crippen molar-refractivity contribution in [2.75, 3.05) is 0 Å². The van der Waals surface area contributed by atoms with Crippen molar-refractivity contribution >= 4 is 16.9 Å². The highest BCUT2D eigenvalue weighted by molar-refractivity contribution is 5.80. The lowest BCUT2D eigenvalue weighted by molar-refractivity contribution is -0.121. The Bertz CT molecular complexity index is 1420. The van der Waals surface area contributed by atoms with Gasteiger partial charge in [-0.1, -0.05) is 97.1 Å². The van der Waals surface area contributed by atoms with E-state index in [1.165, 1.54) is 11.1 Å². The van der Waals surface area contributed by atoms with E-state index in [0.717, 1.165) is 47.4 Å². The van der Waals surface area contributed by atoms with Crippen LogP contribution in [-0.4, -0.2) is 15.5 Å². The second kappa shape index (κ2) is 11.0. The zero-order valence-corrected chi connectivity index (χ0v) is 20.6. The molecule has 4 nitrogen and oxygen atoms in total. The first-order chi connectivity index (χ1) is 17.7. The van der Waals surface area contributed by atoms with Gasteiger partial charge >= 0.3 is 0 Å². The number of benzene rings is 4. The first-order valence-electron chi connectivity index (χ1n) is 12.6. The molecule has 4 aromatic carbocycles. The van der Waals surface area contributed by atoms with Crippen molar-refractivity contribution in [2.24, 2.45) is 0 Å².